The Kier molecular flexibility index (Phi) is 4.94. The molecule has 140 valence electrons. The van der Waals surface area contributed by atoms with Crippen molar-refractivity contribution in [2.45, 2.75) is 70.1 Å². The number of esters is 1. The lowest BCUT2D eigenvalue weighted by Crippen LogP contribution is -2.48. The topological polar surface area (TPSA) is 32.8 Å². The molecule has 4 heteroatoms. The molecule has 3 aliphatic heterocycles. The molecule has 4 aliphatic rings. The summed E-state index contributed by atoms with van der Waals surface area (Å²) in [4.78, 5) is 17.1. The van der Waals surface area contributed by atoms with Gasteiger partial charge in [0.15, 0.2) is 5.60 Å². The Morgan fingerprint density at radius 2 is 2.12 bits per heavy atom. The Hall–Kier alpha value is -1.57. The van der Waals surface area contributed by atoms with Crippen molar-refractivity contribution in [1.82, 2.24) is 9.80 Å². The van der Waals surface area contributed by atoms with Crippen LogP contribution in [0.15, 0.2) is 23.3 Å². The second-order valence-electron chi connectivity index (χ2n) is 8.05. The van der Waals surface area contributed by atoms with E-state index >= 15 is 0 Å². The van der Waals surface area contributed by atoms with Crippen molar-refractivity contribution in [3.05, 3.63) is 23.3 Å². The van der Waals surface area contributed by atoms with E-state index in [1.807, 2.05) is 0 Å². The van der Waals surface area contributed by atoms with Crippen LogP contribution >= 0.6 is 0 Å². The second-order valence-corrected chi connectivity index (χ2v) is 8.05. The molecule has 0 unspecified atom stereocenters. The molecule has 2 bridgehead atoms. The summed E-state index contributed by atoms with van der Waals surface area (Å²) in [6.07, 6.45) is 10.8. The van der Waals surface area contributed by atoms with E-state index in [2.05, 4.69) is 41.6 Å². The van der Waals surface area contributed by atoms with E-state index in [0.717, 1.165) is 63.0 Å². The van der Waals surface area contributed by atoms with E-state index < -0.39 is 5.60 Å². The summed E-state index contributed by atoms with van der Waals surface area (Å²) in [5, 5.41) is 0. The third kappa shape index (κ3) is 2.92. The predicted octanol–water partition coefficient (Wildman–Crippen LogP) is 2.90. The van der Waals surface area contributed by atoms with Crippen LogP contribution in [-0.2, 0) is 9.53 Å². The van der Waals surface area contributed by atoms with E-state index in [1.54, 1.807) is 6.08 Å². The molecule has 0 radical (unpaired) electrons. The number of nitrogens with zero attached hydrogens (tertiary/aromatic N) is 2. The minimum absolute atomic E-state index is 0.181. The van der Waals surface area contributed by atoms with Crippen molar-refractivity contribution in [1.29, 1.82) is 0 Å². The van der Waals surface area contributed by atoms with Gasteiger partial charge in [-0.2, -0.15) is 0 Å². The van der Waals surface area contributed by atoms with Gasteiger partial charge in [-0.05, 0) is 45.3 Å². The fraction of sp³-hybridized carbons (Fsp3) is 0.682. The Bertz CT molecular complexity index is 693. The van der Waals surface area contributed by atoms with Gasteiger partial charge in [0.05, 0.1) is 12.6 Å². The summed E-state index contributed by atoms with van der Waals surface area (Å²) in [6, 6.07) is 0.709. The number of hydrogen-bond acceptors (Lipinski definition) is 4. The monoisotopic (exact) mass is 354 g/mol. The Morgan fingerprint density at radius 3 is 2.88 bits per heavy atom. The van der Waals surface area contributed by atoms with Gasteiger partial charge in [-0.15, -0.1) is 0 Å². The summed E-state index contributed by atoms with van der Waals surface area (Å²) < 4.78 is 5.96. The first-order chi connectivity index (χ1) is 12.7. The number of hydrogen-bond donors (Lipinski definition) is 0. The minimum Gasteiger partial charge on any atom is -0.449 e. The molecule has 4 rings (SSSR count). The van der Waals surface area contributed by atoms with Gasteiger partial charge < -0.3 is 4.74 Å². The van der Waals surface area contributed by atoms with Crippen molar-refractivity contribution in [3.63, 3.8) is 0 Å². The van der Waals surface area contributed by atoms with E-state index in [9.17, 15) is 4.79 Å². The summed E-state index contributed by atoms with van der Waals surface area (Å²) >= 11 is 0. The van der Waals surface area contributed by atoms with Crippen LogP contribution in [0.2, 0.25) is 0 Å². The molecule has 0 N–H and O–H groups in total. The predicted molar refractivity (Wildman–Crippen MR) is 103 cm³/mol. The van der Waals surface area contributed by atoms with Gasteiger partial charge >= 0.3 is 5.97 Å². The zero-order valence-electron chi connectivity index (χ0n) is 16.1. The quantitative estimate of drug-likeness (QED) is 0.561. The van der Waals surface area contributed by atoms with Gasteiger partial charge in [0.2, 0.25) is 0 Å². The number of rotatable bonds is 5. The number of carbonyl (C=O) groups excluding carboxylic acids is 1. The molecule has 1 spiro atoms. The maximum atomic E-state index is 12.2. The zero-order chi connectivity index (χ0) is 18.1. The largest absolute Gasteiger partial charge is 0.449 e. The summed E-state index contributed by atoms with van der Waals surface area (Å²) in [7, 11) is 0. The lowest BCUT2D eigenvalue weighted by molar-refractivity contribution is -0.148. The normalized spacial score (nSPS) is 32.3. The molecule has 3 heterocycles. The minimum atomic E-state index is -0.423. The molecular weight excluding hydrogens is 324 g/mol. The first kappa shape index (κ1) is 17.8. The average molecular weight is 354 g/mol. The molecular formula is C22H30N2O2. The SMILES string of the molecule is CCCN(CC#CC1=C[C@@H]2C[C@@]3(OC(=O)C=C13)[C@H]1CCCCN21)CCC. The van der Waals surface area contributed by atoms with Crippen LogP contribution in [0.5, 0.6) is 0 Å². The molecule has 0 amide bonds. The average Bonchev–Trinajstić information content (AvgIpc) is 3.11. The first-order valence-electron chi connectivity index (χ1n) is 10.3. The van der Waals surface area contributed by atoms with Gasteiger partial charge in [0, 0.05) is 29.7 Å². The highest BCUT2D eigenvalue weighted by molar-refractivity contribution is 5.90. The molecule has 0 aromatic carbocycles. The molecule has 0 aromatic heterocycles. The standard InChI is InChI=1S/C22H30N2O2/c1-3-10-23(11-4-2)12-7-8-17-14-18-16-22(19(17)15-21(25)26-22)20-9-5-6-13-24(18)20/h14-15,18,20H,3-6,9-13,16H2,1-2H3/t18-,20-,22+/m1/s1. The maximum absolute atomic E-state index is 12.2. The molecule has 0 aromatic rings. The van der Waals surface area contributed by atoms with Gasteiger partial charge in [-0.25, -0.2) is 4.79 Å². The third-order valence-electron chi connectivity index (χ3n) is 6.28. The maximum Gasteiger partial charge on any atom is 0.332 e. The van der Waals surface area contributed by atoms with Crippen LogP contribution in [-0.4, -0.2) is 59.6 Å². The number of piperidine rings is 1. The smallest absolute Gasteiger partial charge is 0.332 e. The Morgan fingerprint density at radius 1 is 1.31 bits per heavy atom. The van der Waals surface area contributed by atoms with Crippen molar-refractivity contribution in [2.24, 2.45) is 0 Å². The highest BCUT2D eigenvalue weighted by atomic mass is 16.6. The van der Waals surface area contributed by atoms with Crippen LogP contribution in [0.3, 0.4) is 0 Å². The number of carbonyl (C=O) groups is 1. The second kappa shape index (κ2) is 7.21. The van der Waals surface area contributed by atoms with E-state index in [-0.39, 0.29) is 5.97 Å². The van der Waals surface area contributed by atoms with Gasteiger partial charge in [-0.1, -0.05) is 38.2 Å². The molecule has 3 atom stereocenters. The fourth-order valence-corrected chi connectivity index (χ4v) is 5.32. The van der Waals surface area contributed by atoms with Crippen LogP contribution in [0.4, 0.5) is 0 Å². The molecule has 26 heavy (non-hydrogen) atoms. The van der Waals surface area contributed by atoms with Crippen LogP contribution < -0.4 is 0 Å². The molecule has 0 saturated carbocycles. The van der Waals surface area contributed by atoms with Gasteiger partial charge in [-0.3, -0.25) is 9.80 Å². The highest BCUT2D eigenvalue weighted by Gasteiger charge is 2.61. The Balaban J connectivity index is 1.59. The molecule has 2 fully saturated rings. The van der Waals surface area contributed by atoms with E-state index in [0.29, 0.717) is 12.1 Å². The summed E-state index contributed by atoms with van der Waals surface area (Å²) in [5.74, 6) is 6.61. The van der Waals surface area contributed by atoms with Crippen LogP contribution in [0.1, 0.15) is 52.4 Å². The Labute approximate surface area is 157 Å². The van der Waals surface area contributed by atoms with E-state index in [4.69, 9.17) is 4.74 Å². The zero-order valence-corrected chi connectivity index (χ0v) is 16.1. The van der Waals surface area contributed by atoms with Crippen molar-refractivity contribution in [3.8, 4) is 11.8 Å². The lowest BCUT2D eigenvalue weighted by Gasteiger charge is -2.38. The highest BCUT2D eigenvalue weighted by Crippen LogP contribution is 2.53. The van der Waals surface area contributed by atoms with Crippen LogP contribution in [0.25, 0.3) is 0 Å². The first-order valence-corrected chi connectivity index (χ1v) is 10.3. The molecule has 4 nitrogen and oxygen atoms in total. The lowest BCUT2D eigenvalue weighted by atomic mass is 9.77. The fourth-order valence-electron chi connectivity index (χ4n) is 5.32. The van der Waals surface area contributed by atoms with Crippen LogP contribution in [0, 0.1) is 11.8 Å². The van der Waals surface area contributed by atoms with Gasteiger partial charge in [0.1, 0.15) is 0 Å². The van der Waals surface area contributed by atoms with E-state index in [1.165, 1.54) is 12.8 Å². The van der Waals surface area contributed by atoms with Gasteiger partial charge in [0.25, 0.3) is 0 Å². The van der Waals surface area contributed by atoms with Crippen molar-refractivity contribution < 1.29 is 9.53 Å². The third-order valence-corrected chi connectivity index (χ3v) is 6.28. The van der Waals surface area contributed by atoms with Crippen molar-refractivity contribution in [2.75, 3.05) is 26.2 Å². The summed E-state index contributed by atoms with van der Waals surface area (Å²) in [5.41, 5.74) is 1.67. The number of fused-ring (bicyclic) bond motifs is 3. The number of ether oxygens (including phenoxy) is 1. The van der Waals surface area contributed by atoms with Crippen molar-refractivity contribution >= 4 is 5.97 Å². The molecule has 2 saturated heterocycles. The molecule has 1 aliphatic carbocycles. The summed E-state index contributed by atoms with van der Waals surface area (Å²) in [6.45, 7) is 8.52.